The van der Waals surface area contributed by atoms with Crippen molar-refractivity contribution in [3.05, 3.63) is 35.5 Å². The lowest BCUT2D eigenvalue weighted by Gasteiger charge is -2.07. The summed E-state index contributed by atoms with van der Waals surface area (Å²) in [5, 5.41) is 16.0. The summed E-state index contributed by atoms with van der Waals surface area (Å²) >= 11 is 0. The fourth-order valence-electron chi connectivity index (χ4n) is 1.57. The van der Waals surface area contributed by atoms with E-state index in [4.69, 9.17) is 10.3 Å². The monoisotopic (exact) mass is 262 g/mol. The normalized spacial score (nSPS) is 10.4. The molecule has 0 saturated carbocycles. The Balaban J connectivity index is 1.93. The van der Waals surface area contributed by atoms with Crippen LogP contribution < -0.4 is 11.1 Å². The fraction of sp³-hybridized carbons (Fsp3) is 0.250. The molecule has 2 aromatic rings. The smallest absolute Gasteiger partial charge is 0.255 e. The van der Waals surface area contributed by atoms with Crippen LogP contribution in [0.4, 0.5) is 5.69 Å². The highest BCUT2D eigenvalue weighted by atomic mass is 16.5. The number of para-hydroxylation sites is 1. The predicted molar refractivity (Wildman–Crippen MR) is 67.6 cm³/mol. The zero-order valence-corrected chi connectivity index (χ0v) is 10.4. The van der Waals surface area contributed by atoms with Crippen molar-refractivity contribution >= 4 is 11.6 Å². The number of aromatic hydroxyl groups is 1. The van der Waals surface area contributed by atoms with E-state index in [0.717, 1.165) is 0 Å². The van der Waals surface area contributed by atoms with Gasteiger partial charge in [-0.25, -0.2) is 0 Å². The minimum absolute atomic E-state index is 0.143. The molecule has 0 saturated heterocycles. The number of hydrogen-bond acceptors (Lipinski definition) is 6. The molecule has 1 aromatic heterocycles. The Morgan fingerprint density at radius 1 is 1.53 bits per heavy atom. The topological polar surface area (TPSA) is 114 Å². The van der Waals surface area contributed by atoms with Crippen molar-refractivity contribution in [2.45, 2.75) is 13.3 Å². The summed E-state index contributed by atoms with van der Waals surface area (Å²) in [6.45, 7) is 2.03. The summed E-state index contributed by atoms with van der Waals surface area (Å²) in [7, 11) is 0. The quantitative estimate of drug-likeness (QED) is 0.550. The van der Waals surface area contributed by atoms with E-state index in [1.54, 1.807) is 13.0 Å². The minimum Gasteiger partial charge on any atom is -0.505 e. The van der Waals surface area contributed by atoms with Gasteiger partial charge in [0, 0.05) is 19.9 Å². The number of phenolic OH excluding ortho intramolecular Hbond substituents is 1. The van der Waals surface area contributed by atoms with Gasteiger partial charge in [0.2, 0.25) is 5.89 Å². The molecule has 7 heteroatoms. The molecular weight excluding hydrogens is 248 g/mol. The van der Waals surface area contributed by atoms with E-state index in [1.165, 1.54) is 12.1 Å². The molecule has 0 radical (unpaired) electrons. The Bertz CT molecular complexity index is 594. The van der Waals surface area contributed by atoms with E-state index < -0.39 is 5.91 Å². The number of aromatic nitrogens is 2. The number of nitrogens with zero attached hydrogens (tertiary/aromatic N) is 2. The van der Waals surface area contributed by atoms with Crippen LogP contribution in [0.1, 0.15) is 22.1 Å². The van der Waals surface area contributed by atoms with Crippen LogP contribution in [-0.2, 0) is 6.42 Å². The molecule has 0 aliphatic rings. The van der Waals surface area contributed by atoms with E-state index in [-0.39, 0.29) is 17.0 Å². The van der Waals surface area contributed by atoms with Gasteiger partial charge in [-0.05, 0) is 12.1 Å². The average molecular weight is 262 g/mol. The summed E-state index contributed by atoms with van der Waals surface area (Å²) in [6, 6.07) is 4.63. The predicted octanol–water partition coefficient (Wildman–Crippen LogP) is 0.638. The second-order valence-electron chi connectivity index (χ2n) is 3.98. The van der Waals surface area contributed by atoms with Crippen LogP contribution >= 0.6 is 0 Å². The fourth-order valence-corrected chi connectivity index (χ4v) is 1.57. The first-order chi connectivity index (χ1) is 9.08. The number of nitrogen functional groups attached to an aromatic ring is 1. The summed E-state index contributed by atoms with van der Waals surface area (Å²) in [4.78, 5) is 15.8. The number of hydrogen-bond donors (Lipinski definition) is 3. The number of nitrogens with two attached hydrogens (primary N) is 1. The number of benzene rings is 1. The number of nitrogens with one attached hydrogen (secondary N) is 1. The van der Waals surface area contributed by atoms with Gasteiger partial charge in [-0.15, -0.1) is 0 Å². The highest BCUT2D eigenvalue weighted by Crippen LogP contribution is 2.23. The lowest BCUT2D eigenvalue weighted by atomic mass is 10.1. The Morgan fingerprint density at radius 3 is 3.00 bits per heavy atom. The minimum atomic E-state index is -0.398. The number of carbonyl (C=O) groups excluding carboxylic acids is 1. The van der Waals surface area contributed by atoms with Gasteiger partial charge in [0.25, 0.3) is 5.91 Å². The molecule has 0 fully saturated rings. The van der Waals surface area contributed by atoms with Crippen LogP contribution in [0.2, 0.25) is 0 Å². The Kier molecular flexibility index (Phi) is 3.65. The Labute approximate surface area is 109 Å². The van der Waals surface area contributed by atoms with E-state index in [0.29, 0.717) is 24.7 Å². The molecule has 0 unspecified atom stereocenters. The molecule has 1 aromatic carbocycles. The molecule has 0 atom stereocenters. The summed E-state index contributed by atoms with van der Waals surface area (Å²) in [6.07, 6.45) is 0.451. The number of rotatable bonds is 4. The van der Waals surface area contributed by atoms with Crippen LogP contribution in [0.5, 0.6) is 5.75 Å². The van der Waals surface area contributed by atoms with Crippen molar-refractivity contribution in [2.75, 3.05) is 12.3 Å². The van der Waals surface area contributed by atoms with Crippen molar-refractivity contribution in [1.29, 1.82) is 0 Å². The highest BCUT2D eigenvalue weighted by molar-refractivity contribution is 5.98. The molecule has 1 amide bonds. The third-order valence-electron chi connectivity index (χ3n) is 2.52. The second kappa shape index (κ2) is 5.38. The molecule has 0 spiro atoms. The lowest BCUT2D eigenvalue weighted by molar-refractivity contribution is 0.0951. The maximum atomic E-state index is 11.8. The number of aryl methyl sites for hydroxylation is 1. The lowest BCUT2D eigenvalue weighted by Crippen LogP contribution is -2.26. The Morgan fingerprint density at radius 2 is 2.32 bits per heavy atom. The molecule has 100 valence electrons. The van der Waals surface area contributed by atoms with Gasteiger partial charge in [0.1, 0.15) is 0 Å². The molecule has 0 aliphatic heterocycles. The van der Waals surface area contributed by atoms with Gasteiger partial charge in [0.05, 0.1) is 11.3 Å². The van der Waals surface area contributed by atoms with Crippen molar-refractivity contribution in [1.82, 2.24) is 15.5 Å². The Hall–Kier alpha value is -2.57. The number of anilines is 1. The van der Waals surface area contributed by atoms with Gasteiger partial charge in [-0.2, -0.15) is 4.98 Å². The van der Waals surface area contributed by atoms with Crippen molar-refractivity contribution in [3.63, 3.8) is 0 Å². The largest absolute Gasteiger partial charge is 0.505 e. The molecule has 4 N–H and O–H groups in total. The first-order valence-electron chi connectivity index (χ1n) is 5.73. The van der Waals surface area contributed by atoms with Gasteiger partial charge in [0.15, 0.2) is 11.6 Å². The van der Waals surface area contributed by atoms with E-state index in [2.05, 4.69) is 15.5 Å². The van der Waals surface area contributed by atoms with E-state index >= 15 is 0 Å². The molecule has 19 heavy (non-hydrogen) atoms. The molecule has 1 heterocycles. The zero-order chi connectivity index (χ0) is 13.8. The maximum absolute atomic E-state index is 11.8. The SMILES string of the molecule is Cc1nc(CCNC(=O)c2cccc(N)c2O)no1. The van der Waals surface area contributed by atoms with Crippen molar-refractivity contribution in [2.24, 2.45) is 0 Å². The van der Waals surface area contributed by atoms with Gasteiger partial charge in [-0.1, -0.05) is 11.2 Å². The molecule has 0 aliphatic carbocycles. The summed E-state index contributed by atoms with van der Waals surface area (Å²) < 4.78 is 4.81. The highest BCUT2D eigenvalue weighted by Gasteiger charge is 2.12. The first kappa shape index (κ1) is 12.9. The molecule has 7 nitrogen and oxygen atoms in total. The van der Waals surface area contributed by atoms with Crippen molar-refractivity contribution in [3.8, 4) is 5.75 Å². The van der Waals surface area contributed by atoms with Gasteiger partial charge in [-0.3, -0.25) is 4.79 Å². The van der Waals surface area contributed by atoms with Crippen LogP contribution in [-0.4, -0.2) is 27.7 Å². The summed E-state index contributed by atoms with van der Waals surface area (Å²) in [5.74, 6) is 0.393. The first-order valence-corrected chi connectivity index (χ1v) is 5.73. The second-order valence-corrected chi connectivity index (χ2v) is 3.98. The average Bonchev–Trinajstić information content (AvgIpc) is 2.78. The number of phenols is 1. The van der Waals surface area contributed by atoms with Crippen LogP contribution in [0.15, 0.2) is 22.7 Å². The maximum Gasteiger partial charge on any atom is 0.255 e. The van der Waals surface area contributed by atoms with Gasteiger partial charge >= 0.3 is 0 Å². The zero-order valence-electron chi connectivity index (χ0n) is 10.4. The van der Waals surface area contributed by atoms with Crippen LogP contribution in [0, 0.1) is 6.92 Å². The third kappa shape index (κ3) is 3.01. The van der Waals surface area contributed by atoms with Gasteiger partial charge < -0.3 is 20.7 Å². The summed E-state index contributed by atoms with van der Waals surface area (Å²) in [5.41, 5.74) is 5.83. The standard InChI is InChI=1S/C12H14N4O3/c1-7-15-10(16-19-7)5-6-14-12(18)8-3-2-4-9(13)11(8)17/h2-4,17H,5-6,13H2,1H3,(H,14,18). The molecular formula is C12H14N4O3. The van der Waals surface area contributed by atoms with Crippen LogP contribution in [0.25, 0.3) is 0 Å². The molecule has 0 bridgehead atoms. The molecule has 2 rings (SSSR count). The third-order valence-corrected chi connectivity index (χ3v) is 2.52. The number of amides is 1. The van der Waals surface area contributed by atoms with Crippen molar-refractivity contribution < 1.29 is 14.4 Å². The number of carbonyl (C=O) groups is 1. The van der Waals surface area contributed by atoms with E-state index in [9.17, 15) is 9.90 Å². The van der Waals surface area contributed by atoms with Crippen LogP contribution in [0.3, 0.4) is 0 Å². The van der Waals surface area contributed by atoms with E-state index in [1.807, 2.05) is 0 Å².